The van der Waals surface area contributed by atoms with Gasteiger partial charge in [-0.3, -0.25) is 0 Å². The fraction of sp³-hybridized carbons (Fsp3) is 1.00. The first kappa shape index (κ1) is 20.8. The van der Waals surface area contributed by atoms with Gasteiger partial charge >= 0.3 is 0 Å². The number of hydrogen-bond donors (Lipinski definition) is 1. The molecule has 0 saturated heterocycles. The number of aliphatic hydroxyl groups excluding tert-OH is 1. The Morgan fingerprint density at radius 3 is 2.24 bits per heavy atom. The van der Waals surface area contributed by atoms with Crippen molar-refractivity contribution in [1.82, 2.24) is 0 Å². The Labute approximate surface area is 180 Å². The van der Waals surface area contributed by atoms with Crippen molar-refractivity contribution in [2.45, 2.75) is 118 Å². The average molecular weight is 401 g/mol. The van der Waals surface area contributed by atoms with Gasteiger partial charge in [0.2, 0.25) is 0 Å². The van der Waals surface area contributed by atoms with Gasteiger partial charge in [-0.05, 0) is 128 Å². The van der Waals surface area contributed by atoms with Gasteiger partial charge in [0.05, 0.1) is 6.10 Å². The maximum absolute atomic E-state index is 10.4. The van der Waals surface area contributed by atoms with Gasteiger partial charge in [0.25, 0.3) is 0 Å². The highest BCUT2D eigenvalue weighted by molar-refractivity contribution is 5.17. The lowest BCUT2D eigenvalue weighted by molar-refractivity contribution is -0.228. The second-order valence-electron chi connectivity index (χ2n) is 13.9. The summed E-state index contributed by atoms with van der Waals surface area (Å²) in [6.45, 7) is 15.9. The van der Waals surface area contributed by atoms with Crippen LogP contribution in [0.2, 0.25) is 0 Å². The van der Waals surface area contributed by atoms with Crippen LogP contribution in [-0.4, -0.2) is 11.2 Å². The molecule has 0 heterocycles. The van der Waals surface area contributed by atoms with Crippen LogP contribution in [0, 0.1) is 57.2 Å². The first-order valence-electron chi connectivity index (χ1n) is 13.2. The lowest BCUT2D eigenvalue weighted by Gasteiger charge is -2.71. The van der Waals surface area contributed by atoms with Crippen molar-refractivity contribution in [1.29, 1.82) is 0 Å². The van der Waals surface area contributed by atoms with E-state index in [1.807, 2.05) is 0 Å². The van der Waals surface area contributed by atoms with Crippen molar-refractivity contribution in [2.75, 3.05) is 0 Å². The molecule has 1 N–H and O–H groups in total. The molecule has 29 heavy (non-hydrogen) atoms. The van der Waals surface area contributed by atoms with E-state index in [4.69, 9.17) is 0 Å². The normalized spacial score (nSPS) is 59.6. The molecule has 5 fully saturated rings. The van der Waals surface area contributed by atoms with Gasteiger partial charge in [-0.1, -0.05) is 41.5 Å². The van der Waals surface area contributed by atoms with Crippen LogP contribution in [0.4, 0.5) is 0 Å². The molecule has 0 bridgehead atoms. The Balaban J connectivity index is 1.52. The van der Waals surface area contributed by atoms with Crippen molar-refractivity contribution < 1.29 is 5.11 Å². The summed E-state index contributed by atoms with van der Waals surface area (Å²) in [6, 6.07) is 0. The minimum Gasteiger partial charge on any atom is -0.393 e. The molecule has 10 unspecified atom stereocenters. The minimum absolute atomic E-state index is 0.0231. The Bertz CT molecular complexity index is 655. The fourth-order valence-corrected chi connectivity index (χ4v) is 10.9. The zero-order valence-electron chi connectivity index (χ0n) is 20.3. The highest BCUT2D eigenvalue weighted by Crippen LogP contribution is 2.76. The van der Waals surface area contributed by atoms with E-state index in [0.29, 0.717) is 21.7 Å². The summed E-state index contributed by atoms with van der Waals surface area (Å²) in [7, 11) is 0. The summed E-state index contributed by atoms with van der Waals surface area (Å²) in [6.07, 6.45) is 15.1. The van der Waals surface area contributed by atoms with Gasteiger partial charge in [-0.2, -0.15) is 0 Å². The van der Waals surface area contributed by atoms with E-state index in [1.165, 1.54) is 57.8 Å². The number of hydrogen-bond acceptors (Lipinski definition) is 1. The molecule has 0 spiro atoms. The molecule has 0 aromatic heterocycles. The molecular formula is C28H48O. The summed E-state index contributed by atoms with van der Waals surface area (Å²) in [5.41, 5.74) is 2.14. The average Bonchev–Trinajstić information content (AvgIpc) is 3.01. The molecule has 5 aliphatic rings. The Morgan fingerprint density at radius 1 is 0.759 bits per heavy atom. The van der Waals surface area contributed by atoms with E-state index >= 15 is 0 Å². The van der Waals surface area contributed by atoms with Crippen molar-refractivity contribution in [3.8, 4) is 0 Å². The molecule has 5 saturated carbocycles. The van der Waals surface area contributed by atoms with Gasteiger partial charge < -0.3 is 5.11 Å². The monoisotopic (exact) mass is 400 g/mol. The van der Waals surface area contributed by atoms with E-state index < -0.39 is 0 Å². The Morgan fingerprint density at radius 2 is 1.52 bits per heavy atom. The zero-order chi connectivity index (χ0) is 20.8. The summed E-state index contributed by atoms with van der Waals surface area (Å²) in [4.78, 5) is 0. The van der Waals surface area contributed by atoms with E-state index in [9.17, 15) is 5.11 Å². The number of rotatable bonds is 1. The second kappa shape index (κ2) is 6.49. The van der Waals surface area contributed by atoms with Gasteiger partial charge in [0.15, 0.2) is 0 Å². The van der Waals surface area contributed by atoms with Crippen molar-refractivity contribution in [3.05, 3.63) is 0 Å². The van der Waals surface area contributed by atoms with Crippen LogP contribution in [0.5, 0.6) is 0 Å². The van der Waals surface area contributed by atoms with Crippen LogP contribution in [0.1, 0.15) is 112 Å². The number of fused-ring (bicyclic) bond motifs is 7. The lowest BCUT2D eigenvalue weighted by atomic mass is 9.33. The molecule has 5 aliphatic carbocycles. The predicted octanol–water partition coefficient (Wildman–Crippen LogP) is 7.47. The van der Waals surface area contributed by atoms with E-state index in [1.54, 1.807) is 0 Å². The fourth-order valence-electron chi connectivity index (χ4n) is 10.9. The van der Waals surface area contributed by atoms with Crippen molar-refractivity contribution in [2.24, 2.45) is 57.2 Å². The molecule has 0 radical (unpaired) electrons. The molecule has 0 aliphatic heterocycles. The summed E-state index contributed by atoms with van der Waals surface area (Å²) >= 11 is 0. The molecular weight excluding hydrogens is 352 g/mol. The molecule has 0 amide bonds. The molecule has 0 aromatic rings. The first-order chi connectivity index (χ1) is 13.6. The maximum atomic E-state index is 10.4. The number of aliphatic hydroxyl groups is 1. The first-order valence-corrected chi connectivity index (χ1v) is 13.2. The van der Waals surface area contributed by atoms with Crippen LogP contribution >= 0.6 is 0 Å². The van der Waals surface area contributed by atoms with E-state index in [2.05, 4.69) is 41.5 Å². The van der Waals surface area contributed by atoms with E-state index in [-0.39, 0.29) is 6.10 Å². The van der Waals surface area contributed by atoms with Gasteiger partial charge in [0, 0.05) is 0 Å². The van der Waals surface area contributed by atoms with Crippen LogP contribution in [-0.2, 0) is 0 Å². The quantitative estimate of drug-likeness (QED) is 0.484. The highest BCUT2D eigenvalue weighted by atomic mass is 16.3. The molecule has 1 heteroatoms. The van der Waals surface area contributed by atoms with Crippen LogP contribution in [0.25, 0.3) is 0 Å². The van der Waals surface area contributed by atoms with Crippen LogP contribution < -0.4 is 0 Å². The third kappa shape index (κ3) is 2.61. The predicted molar refractivity (Wildman–Crippen MR) is 122 cm³/mol. The third-order valence-corrected chi connectivity index (χ3v) is 12.8. The summed E-state index contributed by atoms with van der Waals surface area (Å²) in [5.74, 6) is 5.38. The third-order valence-electron chi connectivity index (χ3n) is 12.8. The van der Waals surface area contributed by atoms with Crippen molar-refractivity contribution >= 4 is 0 Å². The Hall–Kier alpha value is -0.0400. The van der Waals surface area contributed by atoms with Crippen molar-refractivity contribution in [3.63, 3.8) is 0 Å². The molecule has 166 valence electrons. The SMILES string of the molecule is CC(C)C1CCC2(C)CCC3(C)C(CCC4C5(C)CCC(O)CC5CCC43C)C12. The zero-order valence-corrected chi connectivity index (χ0v) is 20.3. The summed E-state index contributed by atoms with van der Waals surface area (Å²) < 4.78 is 0. The maximum Gasteiger partial charge on any atom is 0.0543 e. The van der Waals surface area contributed by atoms with Crippen LogP contribution in [0.3, 0.4) is 0 Å². The Kier molecular flexibility index (Phi) is 4.66. The molecule has 5 rings (SSSR count). The standard InChI is InChI=1S/C28H48O/c1-18(2)21-11-12-25(3)15-16-27(5)22(24(21)25)7-8-23-26(4)13-10-20(29)17-19(26)9-14-28(23,27)6/h18-24,29H,7-17H2,1-6H3. The van der Waals surface area contributed by atoms with Crippen LogP contribution in [0.15, 0.2) is 0 Å². The molecule has 1 nitrogen and oxygen atoms in total. The molecule has 0 aromatic carbocycles. The molecule has 10 atom stereocenters. The second-order valence-corrected chi connectivity index (χ2v) is 13.9. The minimum atomic E-state index is -0.0231. The lowest BCUT2D eigenvalue weighted by Crippen LogP contribution is -2.64. The van der Waals surface area contributed by atoms with Gasteiger partial charge in [-0.25, -0.2) is 0 Å². The largest absolute Gasteiger partial charge is 0.393 e. The smallest absolute Gasteiger partial charge is 0.0543 e. The summed E-state index contributed by atoms with van der Waals surface area (Å²) in [5, 5.41) is 10.4. The van der Waals surface area contributed by atoms with Gasteiger partial charge in [-0.15, -0.1) is 0 Å². The van der Waals surface area contributed by atoms with E-state index in [0.717, 1.165) is 48.3 Å². The topological polar surface area (TPSA) is 20.2 Å². The van der Waals surface area contributed by atoms with Gasteiger partial charge in [0.1, 0.15) is 0 Å². The highest BCUT2D eigenvalue weighted by Gasteiger charge is 2.68.